The molecule has 6 nitrogen and oxygen atoms in total. The zero-order valence-corrected chi connectivity index (χ0v) is 16.0. The Hall–Kier alpha value is -2.77. The number of benzene rings is 2. The maximum atomic E-state index is 13.3. The van der Waals surface area contributed by atoms with Crippen molar-refractivity contribution >= 4 is 45.2 Å². The second kappa shape index (κ2) is 6.39. The van der Waals surface area contributed by atoms with Crippen molar-refractivity contribution in [3.8, 4) is 5.88 Å². The van der Waals surface area contributed by atoms with Gasteiger partial charge in [0.1, 0.15) is 10.9 Å². The summed E-state index contributed by atoms with van der Waals surface area (Å²) in [6.45, 7) is 0. The van der Waals surface area contributed by atoms with Gasteiger partial charge in [-0.2, -0.15) is 0 Å². The van der Waals surface area contributed by atoms with Crippen molar-refractivity contribution in [2.45, 2.75) is 17.4 Å². The summed E-state index contributed by atoms with van der Waals surface area (Å²) in [6.07, 6.45) is 0.681. The van der Waals surface area contributed by atoms with Gasteiger partial charge in [0.15, 0.2) is 0 Å². The Bertz CT molecular complexity index is 1380. The molecule has 0 spiro atoms. The monoisotopic (exact) mass is 411 g/mol. The molecule has 0 amide bonds. The van der Waals surface area contributed by atoms with E-state index in [1.54, 1.807) is 30.0 Å². The van der Waals surface area contributed by atoms with Crippen LogP contribution >= 0.6 is 23.4 Å². The van der Waals surface area contributed by atoms with Crippen LogP contribution in [0.4, 0.5) is 0 Å². The molecule has 5 rings (SSSR count). The molecule has 0 aliphatic carbocycles. The van der Waals surface area contributed by atoms with Crippen LogP contribution in [0.1, 0.15) is 18.0 Å². The number of halogens is 1. The molecule has 2 aromatic heterocycles. The number of rotatable bonds is 1. The minimum Gasteiger partial charge on any atom is -0.491 e. The number of H-pyrrole nitrogens is 1. The molecule has 2 aromatic carbocycles. The van der Waals surface area contributed by atoms with Crippen molar-refractivity contribution in [1.29, 1.82) is 0 Å². The maximum absolute atomic E-state index is 13.3. The van der Waals surface area contributed by atoms with E-state index in [4.69, 9.17) is 11.6 Å². The Kier molecular flexibility index (Phi) is 3.96. The van der Waals surface area contributed by atoms with E-state index >= 15 is 0 Å². The first-order valence-corrected chi connectivity index (χ1v) is 10.1. The Morgan fingerprint density at radius 3 is 2.89 bits per heavy atom. The zero-order valence-electron chi connectivity index (χ0n) is 14.5. The molecule has 8 heteroatoms. The van der Waals surface area contributed by atoms with E-state index in [1.165, 1.54) is 4.68 Å². The number of fused-ring (bicyclic) bond motifs is 3. The van der Waals surface area contributed by atoms with Gasteiger partial charge >= 0.3 is 0 Å². The summed E-state index contributed by atoms with van der Waals surface area (Å²) in [4.78, 5) is 30.3. The maximum Gasteiger partial charge on any atom is 0.281 e. The number of aromatic hydroxyl groups is 1. The molecular formula is C20H14ClN3O3S. The largest absolute Gasteiger partial charge is 0.491 e. The summed E-state index contributed by atoms with van der Waals surface area (Å²) >= 11 is 7.72. The number of nitrogens with one attached hydrogen (secondary N) is 1. The predicted molar refractivity (Wildman–Crippen MR) is 111 cm³/mol. The molecule has 0 saturated heterocycles. The Morgan fingerprint density at radius 2 is 2.04 bits per heavy atom. The van der Waals surface area contributed by atoms with Crippen LogP contribution in [0, 0.1) is 0 Å². The summed E-state index contributed by atoms with van der Waals surface area (Å²) < 4.78 is 1.24. The van der Waals surface area contributed by atoms with Gasteiger partial charge in [0, 0.05) is 21.1 Å². The van der Waals surface area contributed by atoms with E-state index in [0.29, 0.717) is 22.3 Å². The number of aromatic nitrogens is 3. The quantitative estimate of drug-likeness (QED) is 0.466. The van der Waals surface area contributed by atoms with Gasteiger partial charge in [0.2, 0.25) is 5.43 Å². The van der Waals surface area contributed by atoms with Crippen LogP contribution in [0.15, 0.2) is 56.9 Å². The number of aromatic amines is 1. The van der Waals surface area contributed by atoms with E-state index in [-0.39, 0.29) is 22.8 Å². The molecule has 2 N–H and O–H groups in total. The van der Waals surface area contributed by atoms with Crippen LogP contribution in [0.25, 0.3) is 21.8 Å². The minimum atomic E-state index is -0.516. The van der Waals surface area contributed by atoms with E-state index in [0.717, 1.165) is 16.2 Å². The highest BCUT2D eigenvalue weighted by molar-refractivity contribution is 7.99. The molecule has 4 aromatic rings. The van der Waals surface area contributed by atoms with Crippen LogP contribution in [0.5, 0.6) is 5.88 Å². The second-order valence-electron chi connectivity index (χ2n) is 6.66. The normalized spacial score (nSPS) is 16.4. The molecule has 0 fully saturated rings. The Morgan fingerprint density at radius 1 is 1.21 bits per heavy atom. The topological polar surface area (TPSA) is 88.0 Å². The van der Waals surface area contributed by atoms with Crippen LogP contribution < -0.4 is 11.0 Å². The molecule has 1 atom stereocenters. The van der Waals surface area contributed by atoms with Gasteiger partial charge in [0.25, 0.3) is 11.4 Å². The van der Waals surface area contributed by atoms with E-state index in [2.05, 4.69) is 10.1 Å². The summed E-state index contributed by atoms with van der Waals surface area (Å²) in [5, 5.41) is 15.4. The third-order valence-corrected chi connectivity index (χ3v) is 6.39. The lowest BCUT2D eigenvalue weighted by atomic mass is 10.0. The highest BCUT2D eigenvalue weighted by Gasteiger charge is 2.26. The van der Waals surface area contributed by atoms with Gasteiger partial charge in [0.05, 0.1) is 11.6 Å². The molecule has 1 aliphatic heterocycles. The predicted octanol–water partition coefficient (Wildman–Crippen LogP) is 3.68. The highest BCUT2D eigenvalue weighted by atomic mass is 35.5. The number of nitrogens with zero attached hydrogens (tertiary/aromatic N) is 2. The molecule has 0 saturated carbocycles. The van der Waals surface area contributed by atoms with Crippen molar-refractivity contribution in [2.24, 2.45) is 0 Å². The first kappa shape index (κ1) is 17.3. The molecule has 1 aliphatic rings. The first-order valence-electron chi connectivity index (χ1n) is 8.73. The fraction of sp³-hybridized carbons (Fsp3) is 0.150. The number of hydrogen-bond donors (Lipinski definition) is 2. The molecular weight excluding hydrogens is 398 g/mol. The van der Waals surface area contributed by atoms with Crippen molar-refractivity contribution in [2.75, 3.05) is 5.75 Å². The number of hydrogen-bond acceptors (Lipinski definition) is 5. The standard InChI is InChI=1S/C20H14ClN3O3S/c21-10-5-6-11-13(9-10)22-17-16(18(11)25)20(27)24(23-19(17)26)14-7-8-28-15-4-2-1-3-12(14)15/h1-6,9,14H,7-8H2,(H,22,25)(H,23,26). The van der Waals surface area contributed by atoms with Gasteiger partial charge in [-0.1, -0.05) is 29.8 Å². The second-order valence-corrected chi connectivity index (χ2v) is 8.23. The SMILES string of the molecule is O=c1c2ccc(Cl)cc2[nH]c2c(O)nn(C3CCSc4ccccc43)c(=O)c12. The molecule has 140 valence electrons. The van der Waals surface area contributed by atoms with Gasteiger partial charge in [-0.05, 0) is 36.2 Å². The van der Waals surface area contributed by atoms with Crippen molar-refractivity contribution in [1.82, 2.24) is 14.8 Å². The van der Waals surface area contributed by atoms with E-state index in [1.807, 2.05) is 24.3 Å². The summed E-state index contributed by atoms with van der Waals surface area (Å²) in [7, 11) is 0. The average Bonchev–Trinajstić information content (AvgIpc) is 2.70. The van der Waals surface area contributed by atoms with Gasteiger partial charge in [-0.25, -0.2) is 4.68 Å². The van der Waals surface area contributed by atoms with Crippen LogP contribution in [0.3, 0.4) is 0 Å². The Balaban J connectivity index is 1.84. The van der Waals surface area contributed by atoms with Crippen LogP contribution in [-0.2, 0) is 0 Å². The molecule has 3 heterocycles. The zero-order chi connectivity index (χ0) is 19.4. The van der Waals surface area contributed by atoms with E-state index in [9.17, 15) is 14.7 Å². The van der Waals surface area contributed by atoms with Crippen LogP contribution in [-0.4, -0.2) is 25.6 Å². The van der Waals surface area contributed by atoms with Crippen molar-refractivity contribution in [3.63, 3.8) is 0 Å². The highest BCUT2D eigenvalue weighted by Crippen LogP contribution is 2.37. The summed E-state index contributed by atoms with van der Waals surface area (Å²) in [6, 6.07) is 12.2. The minimum absolute atomic E-state index is 0.0273. The average molecular weight is 412 g/mol. The lowest BCUT2D eigenvalue weighted by Crippen LogP contribution is -2.32. The molecule has 1 unspecified atom stereocenters. The van der Waals surface area contributed by atoms with Gasteiger partial charge < -0.3 is 10.1 Å². The third kappa shape index (κ3) is 2.54. The van der Waals surface area contributed by atoms with Crippen LogP contribution in [0.2, 0.25) is 5.02 Å². The number of thioether (sulfide) groups is 1. The molecule has 0 radical (unpaired) electrons. The molecule has 0 bridgehead atoms. The fourth-order valence-electron chi connectivity index (χ4n) is 3.74. The third-order valence-electron chi connectivity index (χ3n) is 5.03. The number of pyridine rings is 1. The first-order chi connectivity index (χ1) is 13.5. The lowest BCUT2D eigenvalue weighted by Gasteiger charge is -2.26. The van der Waals surface area contributed by atoms with E-state index < -0.39 is 11.0 Å². The van der Waals surface area contributed by atoms with Gasteiger partial charge in [-0.3, -0.25) is 9.59 Å². The fourth-order valence-corrected chi connectivity index (χ4v) is 5.01. The van der Waals surface area contributed by atoms with Gasteiger partial charge in [-0.15, -0.1) is 16.9 Å². The van der Waals surface area contributed by atoms with Crippen molar-refractivity contribution < 1.29 is 5.11 Å². The molecule has 28 heavy (non-hydrogen) atoms. The lowest BCUT2D eigenvalue weighted by molar-refractivity contribution is 0.402. The summed E-state index contributed by atoms with van der Waals surface area (Å²) in [5.41, 5.74) is 0.474. The Labute approximate surface area is 167 Å². The smallest absolute Gasteiger partial charge is 0.281 e. The summed E-state index contributed by atoms with van der Waals surface area (Å²) in [5.74, 6) is 0.436. The van der Waals surface area contributed by atoms with Crippen molar-refractivity contribution in [3.05, 3.63) is 73.6 Å².